The van der Waals surface area contributed by atoms with Crippen molar-refractivity contribution in [3.05, 3.63) is 25.9 Å². The van der Waals surface area contributed by atoms with Crippen molar-refractivity contribution in [2.24, 2.45) is 0 Å². The van der Waals surface area contributed by atoms with Gasteiger partial charge in [0.1, 0.15) is 0 Å². The topological polar surface area (TPSA) is 122 Å². The van der Waals surface area contributed by atoms with Gasteiger partial charge in [-0.1, -0.05) is 0 Å². The predicted octanol–water partition coefficient (Wildman–Crippen LogP) is 0.763. The Morgan fingerprint density at radius 1 is 1.57 bits per heavy atom. The van der Waals surface area contributed by atoms with Gasteiger partial charge in [-0.3, -0.25) is 10.1 Å². The summed E-state index contributed by atoms with van der Waals surface area (Å²) in [5, 5.41) is 27.5. The lowest BCUT2D eigenvalue weighted by atomic mass is 10.3. The van der Waals surface area contributed by atoms with E-state index in [4.69, 9.17) is 15.0 Å². The minimum Gasteiger partial charge on any atom is -0.477 e. The molecular weight excluding hydrogens is 214 g/mol. The number of carboxylic acids is 2. The smallest absolute Gasteiger partial charge is 0.477 e. The molecule has 0 aliphatic heterocycles. The van der Waals surface area contributed by atoms with Crippen LogP contribution in [-0.2, 0) is 0 Å². The molecule has 7 nitrogen and oxygen atoms in total. The normalized spacial score (nSPS) is 9.71. The van der Waals surface area contributed by atoms with E-state index in [0.717, 1.165) is 6.07 Å². The summed E-state index contributed by atoms with van der Waals surface area (Å²) in [5.74, 6) is -2.61. The number of rotatable bonds is 3. The van der Waals surface area contributed by atoms with E-state index in [1.807, 2.05) is 0 Å². The molecule has 3 N–H and O–H groups in total. The second-order valence-electron chi connectivity index (χ2n) is 2.21. The van der Waals surface area contributed by atoms with Crippen LogP contribution in [0.2, 0.25) is 0 Å². The second-order valence-corrected chi connectivity index (χ2v) is 3.26. The van der Waals surface area contributed by atoms with Gasteiger partial charge in [-0.05, 0) is 0 Å². The minimum absolute atomic E-state index is 0.255. The molecule has 0 unspecified atom stereocenters. The number of carboxylic acid groups (broad SMARTS) is 2. The van der Waals surface area contributed by atoms with E-state index < -0.39 is 27.4 Å². The van der Waals surface area contributed by atoms with Crippen molar-refractivity contribution in [3.8, 4) is 0 Å². The highest BCUT2D eigenvalue weighted by molar-refractivity contribution is 7.16. The molecule has 0 bridgehead atoms. The largest absolute Gasteiger partial charge is 0.526 e. The van der Waals surface area contributed by atoms with Crippen molar-refractivity contribution in [1.82, 2.24) is 0 Å². The molecule has 0 aliphatic carbocycles. The van der Waals surface area contributed by atoms with E-state index in [1.165, 1.54) is 0 Å². The Bertz CT molecular complexity index is 390. The molecule has 74 valence electrons. The first-order valence-electron chi connectivity index (χ1n) is 3.20. The summed E-state index contributed by atoms with van der Waals surface area (Å²) >= 11 is 0.426. The maximum atomic E-state index is 10.5. The molecule has 1 heterocycles. The summed E-state index contributed by atoms with van der Waals surface area (Å²) < 4.78 is 0. The lowest BCUT2D eigenvalue weighted by Gasteiger charge is -1.86. The molecule has 0 aliphatic rings. The molecule has 1 aromatic heterocycles. The molecule has 0 aromatic carbocycles. The quantitative estimate of drug-likeness (QED) is 0.440. The van der Waals surface area contributed by atoms with Crippen molar-refractivity contribution in [2.75, 3.05) is 0 Å². The van der Waals surface area contributed by atoms with Gasteiger partial charge in [0, 0.05) is 6.07 Å². The minimum atomic E-state index is -1.48. The van der Waals surface area contributed by atoms with Crippen LogP contribution >= 0.6 is 11.3 Å². The Labute approximate surface area is 80.4 Å². The van der Waals surface area contributed by atoms with Gasteiger partial charge >= 0.3 is 11.9 Å². The summed E-state index contributed by atoms with van der Waals surface area (Å²) in [4.78, 5) is 27.7. The maximum absolute atomic E-state index is 10.5. The van der Waals surface area contributed by atoms with Crippen LogP contribution in [0.25, 0.3) is 0 Å². The Hall–Kier alpha value is -1.96. The number of aromatic carboxylic acids is 2. The van der Waals surface area contributed by atoms with E-state index in [-0.39, 0.29) is 4.88 Å². The average Bonchev–Trinajstić information content (AvgIpc) is 2.47. The highest BCUT2D eigenvalue weighted by Gasteiger charge is 2.28. The predicted molar refractivity (Wildman–Crippen MR) is 46.6 cm³/mol. The standard InChI is InChI=1S/C6H3NO6S/c8-5(9)3-1-2(7(12)13)4(14-3)6(10)11/h1H,(H,8,9)(H,10,11)/p+1. The zero-order valence-corrected chi connectivity index (χ0v) is 7.32. The van der Waals surface area contributed by atoms with E-state index >= 15 is 0 Å². The molecule has 1 rings (SSSR count). The van der Waals surface area contributed by atoms with E-state index in [1.54, 1.807) is 0 Å². The van der Waals surface area contributed by atoms with E-state index in [9.17, 15) is 14.9 Å². The average molecular weight is 218 g/mol. The highest BCUT2D eigenvalue weighted by atomic mass is 32.1. The molecule has 0 radical (unpaired) electrons. The number of nitro groups is 1. The number of carbonyl (C=O) groups is 1. The number of nitrogens with zero attached hydrogens (tertiary/aromatic N) is 1. The van der Waals surface area contributed by atoms with Crippen LogP contribution in [0, 0.1) is 10.1 Å². The van der Waals surface area contributed by atoms with Gasteiger partial charge in [-0.2, -0.15) is 0 Å². The lowest BCUT2D eigenvalue weighted by Crippen LogP contribution is -1.97. The van der Waals surface area contributed by atoms with Gasteiger partial charge in [-0.15, -0.1) is 11.3 Å². The Kier molecular flexibility index (Phi) is 2.47. The third-order valence-electron chi connectivity index (χ3n) is 1.32. The van der Waals surface area contributed by atoms with E-state index in [2.05, 4.69) is 0 Å². The monoisotopic (exact) mass is 218 g/mol. The summed E-state index contributed by atoms with van der Waals surface area (Å²) in [7, 11) is 0. The summed E-state index contributed by atoms with van der Waals surface area (Å²) in [6.45, 7) is 0. The first kappa shape index (κ1) is 10.1. The molecule has 0 saturated carbocycles. The number of hydrogen-bond acceptors (Lipinski definition) is 4. The fourth-order valence-corrected chi connectivity index (χ4v) is 1.59. The molecule has 1 aromatic rings. The summed E-state index contributed by atoms with van der Waals surface area (Å²) in [6, 6.07) is 0.795. The second kappa shape index (κ2) is 3.42. The maximum Gasteiger partial charge on any atom is 0.526 e. The van der Waals surface area contributed by atoms with Crippen LogP contribution in [0.4, 0.5) is 5.69 Å². The van der Waals surface area contributed by atoms with Crippen molar-refractivity contribution < 1.29 is 24.7 Å². The van der Waals surface area contributed by atoms with Crippen LogP contribution in [-0.4, -0.2) is 31.9 Å². The highest BCUT2D eigenvalue weighted by Crippen LogP contribution is 2.28. The van der Waals surface area contributed by atoms with Crippen LogP contribution in [0.5, 0.6) is 0 Å². The molecule has 0 saturated heterocycles. The molecule has 0 fully saturated rings. The van der Waals surface area contributed by atoms with Crippen molar-refractivity contribution in [1.29, 1.82) is 0 Å². The molecule has 8 heteroatoms. The summed E-state index contributed by atoms with van der Waals surface area (Å²) in [6.07, 6.45) is 0. The van der Waals surface area contributed by atoms with Gasteiger partial charge in [0.15, 0.2) is 9.75 Å². The summed E-state index contributed by atoms with van der Waals surface area (Å²) in [5.41, 5.74) is -0.655. The van der Waals surface area contributed by atoms with Crippen molar-refractivity contribution >= 4 is 29.0 Å². The first-order valence-corrected chi connectivity index (χ1v) is 4.02. The van der Waals surface area contributed by atoms with Gasteiger partial charge < -0.3 is 15.0 Å². The third kappa shape index (κ3) is 1.69. The Balaban J connectivity index is 3.33. The van der Waals surface area contributed by atoms with Crippen molar-refractivity contribution in [3.63, 3.8) is 0 Å². The molecular formula is C6H4NO6S+. The van der Waals surface area contributed by atoms with Crippen LogP contribution < -0.4 is 0 Å². The van der Waals surface area contributed by atoms with Gasteiger partial charge in [0.2, 0.25) is 0 Å². The number of aliphatic hydroxyl groups excluding tert-OH is 1. The zero-order valence-electron chi connectivity index (χ0n) is 6.50. The first-order chi connectivity index (χ1) is 6.43. The van der Waals surface area contributed by atoms with Crippen LogP contribution in [0.3, 0.4) is 0 Å². The number of hydrogen-bond donors (Lipinski definition) is 2. The molecule has 0 spiro atoms. The van der Waals surface area contributed by atoms with Crippen LogP contribution in [0.15, 0.2) is 6.07 Å². The molecule has 0 amide bonds. The molecule has 14 heavy (non-hydrogen) atoms. The van der Waals surface area contributed by atoms with Gasteiger partial charge in [0.25, 0.3) is 5.69 Å². The lowest BCUT2D eigenvalue weighted by molar-refractivity contribution is -0.384. The number of thiophene rings is 1. The Morgan fingerprint density at radius 3 is 2.43 bits per heavy atom. The van der Waals surface area contributed by atoms with Gasteiger partial charge in [-0.25, -0.2) is 4.79 Å². The molecule has 0 atom stereocenters. The van der Waals surface area contributed by atoms with Gasteiger partial charge in [0.05, 0.1) is 4.92 Å². The Morgan fingerprint density at radius 2 is 2.14 bits per heavy atom. The van der Waals surface area contributed by atoms with E-state index in [0.29, 0.717) is 11.3 Å². The van der Waals surface area contributed by atoms with Crippen LogP contribution in [0.1, 0.15) is 14.5 Å². The fraction of sp³-hybridized carbons (Fsp3) is 0. The third-order valence-corrected chi connectivity index (χ3v) is 2.43. The SMILES string of the molecule is O=C(O)c1sc(C(O)=[OH+])cc1[N+](=O)[O-]. The van der Waals surface area contributed by atoms with Crippen molar-refractivity contribution in [2.45, 2.75) is 0 Å². The zero-order chi connectivity index (χ0) is 10.9. The fourth-order valence-electron chi connectivity index (χ4n) is 0.780.